The van der Waals surface area contributed by atoms with Crippen molar-refractivity contribution in [3.8, 4) is 0 Å². The van der Waals surface area contributed by atoms with Crippen LogP contribution in [0.3, 0.4) is 0 Å². The Hall–Kier alpha value is -2.33. The number of aliphatic carboxylic acids is 1. The fourth-order valence-electron chi connectivity index (χ4n) is 2.14. The van der Waals surface area contributed by atoms with Crippen LogP contribution in [0, 0.1) is 6.92 Å². The molecule has 22 heavy (non-hydrogen) atoms. The Kier molecular flexibility index (Phi) is 5.17. The third kappa shape index (κ3) is 4.33. The second kappa shape index (κ2) is 7.09. The van der Waals surface area contributed by atoms with E-state index in [1.54, 1.807) is 42.5 Å². The molecule has 0 aliphatic carbocycles. The Morgan fingerprint density at radius 2 is 1.86 bits per heavy atom. The molecule has 2 rings (SSSR count). The topological polar surface area (TPSA) is 69.2 Å². The van der Waals surface area contributed by atoms with Gasteiger partial charge in [0, 0.05) is 23.0 Å². The van der Waals surface area contributed by atoms with Gasteiger partial charge in [-0.3, -0.25) is 4.79 Å². The molecular weight excluding hydrogens is 302 g/mol. The van der Waals surface area contributed by atoms with E-state index >= 15 is 0 Å². The van der Waals surface area contributed by atoms with E-state index < -0.39 is 12.0 Å². The number of nitrogens with one attached hydrogen (secondary N) is 1. The van der Waals surface area contributed by atoms with Gasteiger partial charge in [-0.05, 0) is 36.8 Å². The predicted octanol–water partition coefficient (Wildman–Crippen LogP) is 2.26. The van der Waals surface area contributed by atoms with E-state index in [9.17, 15) is 14.7 Å². The van der Waals surface area contributed by atoms with Crippen molar-refractivity contribution in [1.29, 1.82) is 0 Å². The number of aryl methyl sites for hydroxylation is 1. The largest absolute Gasteiger partial charge is 0.550 e. The molecule has 0 aromatic heterocycles. The summed E-state index contributed by atoms with van der Waals surface area (Å²) in [6, 6.07) is 13.1. The van der Waals surface area contributed by atoms with Crippen LogP contribution in [0.25, 0.3) is 0 Å². The first-order valence-corrected chi connectivity index (χ1v) is 7.16. The lowest BCUT2D eigenvalue weighted by Gasteiger charge is -2.20. The molecule has 114 valence electrons. The Labute approximate surface area is 133 Å². The number of hydrogen-bond donors (Lipinski definition) is 1. The molecule has 0 spiro atoms. The van der Waals surface area contributed by atoms with Crippen LogP contribution >= 0.6 is 11.6 Å². The molecule has 0 aliphatic rings. The lowest BCUT2D eigenvalue weighted by Crippen LogP contribution is -2.34. The van der Waals surface area contributed by atoms with Gasteiger partial charge >= 0.3 is 0 Å². The maximum Gasteiger partial charge on any atom is 0.251 e. The number of hydrogen-bond acceptors (Lipinski definition) is 3. The molecule has 0 unspecified atom stereocenters. The van der Waals surface area contributed by atoms with Gasteiger partial charge in [-0.15, -0.1) is 0 Å². The van der Waals surface area contributed by atoms with E-state index in [0.29, 0.717) is 16.1 Å². The number of rotatable bonds is 5. The van der Waals surface area contributed by atoms with Crippen LogP contribution in [0.2, 0.25) is 5.02 Å². The summed E-state index contributed by atoms with van der Waals surface area (Å²) in [5, 5.41) is 14.2. The van der Waals surface area contributed by atoms with Crippen molar-refractivity contribution in [2.75, 3.05) is 0 Å². The van der Waals surface area contributed by atoms with Gasteiger partial charge in [0.1, 0.15) is 0 Å². The minimum atomic E-state index is -1.23. The van der Waals surface area contributed by atoms with Crippen molar-refractivity contribution in [2.24, 2.45) is 0 Å². The highest BCUT2D eigenvalue weighted by Crippen LogP contribution is 2.20. The Morgan fingerprint density at radius 1 is 1.18 bits per heavy atom. The summed E-state index contributed by atoms with van der Waals surface area (Å²) in [5.41, 5.74) is 2.10. The van der Waals surface area contributed by atoms with Gasteiger partial charge in [0.2, 0.25) is 0 Å². The van der Waals surface area contributed by atoms with Crippen LogP contribution in [-0.4, -0.2) is 11.9 Å². The second-order valence-electron chi connectivity index (χ2n) is 5.02. The number of carbonyl (C=O) groups is 2. The monoisotopic (exact) mass is 316 g/mol. The molecule has 0 bridgehead atoms. The zero-order valence-electron chi connectivity index (χ0n) is 12.0. The van der Waals surface area contributed by atoms with Crippen LogP contribution in [-0.2, 0) is 4.79 Å². The van der Waals surface area contributed by atoms with Gasteiger partial charge in [0.25, 0.3) is 5.91 Å². The molecule has 0 saturated heterocycles. The molecule has 1 atom stereocenters. The third-order valence-corrected chi connectivity index (χ3v) is 3.48. The summed E-state index contributed by atoms with van der Waals surface area (Å²) in [4.78, 5) is 23.2. The first-order valence-electron chi connectivity index (χ1n) is 6.78. The van der Waals surface area contributed by atoms with Crippen molar-refractivity contribution in [3.63, 3.8) is 0 Å². The number of carbonyl (C=O) groups excluding carboxylic acids is 2. The molecule has 0 radical (unpaired) electrons. The van der Waals surface area contributed by atoms with Crippen LogP contribution in [0.1, 0.15) is 33.9 Å². The highest BCUT2D eigenvalue weighted by atomic mass is 35.5. The minimum Gasteiger partial charge on any atom is -0.550 e. The van der Waals surface area contributed by atoms with Gasteiger partial charge in [-0.2, -0.15) is 0 Å². The molecule has 1 N–H and O–H groups in total. The summed E-state index contributed by atoms with van der Waals surface area (Å²) >= 11 is 5.83. The number of carboxylic acid groups (broad SMARTS) is 1. The summed E-state index contributed by atoms with van der Waals surface area (Å²) < 4.78 is 0. The highest BCUT2D eigenvalue weighted by Gasteiger charge is 2.16. The van der Waals surface area contributed by atoms with E-state index in [0.717, 1.165) is 5.56 Å². The first kappa shape index (κ1) is 16.0. The van der Waals surface area contributed by atoms with Crippen molar-refractivity contribution in [3.05, 3.63) is 70.2 Å². The maximum atomic E-state index is 12.3. The predicted molar refractivity (Wildman–Crippen MR) is 82.5 cm³/mol. The van der Waals surface area contributed by atoms with Gasteiger partial charge < -0.3 is 15.2 Å². The van der Waals surface area contributed by atoms with Gasteiger partial charge in [-0.25, -0.2) is 0 Å². The van der Waals surface area contributed by atoms with E-state index in [1.807, 2.05) is 13.0 Å². The third-order valence-electron chi connectivity index (χ3n) is 3.23. The number of benzene rings is 2. The fourth-order valence-corrected chi connectivity index (χ4v) is 2.27. The Morgan fingerprint density at radius 3 is 2.45 bits per heavy atom. The lowest BCUT2D eigenvalue weighted by atomic mass is 10.0. The van der Waals surface area contributed by atoms with Crippen molar-refractivity contribution < 1.29 is 14.7 Å². The Balaban J connectivity index is 2.21. The zero-order chi connectivity index (χ0) is 16.1. The normalized spacial score (nSPS) is 11.7. The Bertz CT molecular complexity index is 683. The molecule has 2 aromatic rings. The van der Waals surface area contributed by atoms with Crippen LogP contribution in [0.4, 0.5) is 0 Å². The SMILES string of the molecule is Cc1cccc(C(=O)N[C@@H](CC(=O)[O-])c2ccc(Cl)cc2)c1. The van der Waals surface area contributed by atoms with Crippen molar-refractivity contribution >= 4 is 23.5 Å². The van der Waals surface area contributed by atoms with Crippen LogP contribution in [0.5, 0.6) is 0 Å². The highest BCUT2D eigenvalue weighted by molar-refractivity contribution is 6.30. The summed E-state index contributed by atoms with van der Waals surface area (Å²) in [6.07, 6.45) is -0.306. The van der Waals surface area contributed by atoms with E-state index in [-0.39, 0.29) is 12.3 Å². The summed E-state index contributed by atoms with van der Waals surface area (Å²) in [7, 11) is 0. The van der Waals surface area contributed by atoms with E-state index in [1.165, 1.54) is 0 Å². The van der Waals surface area contributed by atoms with E-state index in [2.05, 4.69) is 5.32 Å². The molecule has 0 saturated carbocycles. The fraction of sp³-hybridized carbons (Fsp3) is 0.176. The van der Waals surface area contributed by atoms with Gasteiger partial charge in [0.05, 0.1) is 6.04 Å². The average molecular weight is 317 g/mol. The van der Waals surface area contributed by atoms with Crippen LogP contribution in [0.15, 0.2) is 48.5 Å². The minimum absolute atomic E-state index is 0.306. The molecule has 4 nitrogen and oxygen atoms in total. The molecular formula is C17H15ClNO3-. The van der Waals surface area contributed by atoms with Crippen molar-refractivity contribution in [2.45, 2.75) is 19.4 Å². The van der Waals surface area contributed by atoms with Gasteiger partial charge in [-0.1, -0.05) is 41.4 Å². The van der Waals surface area contributed by atoms with Gasteiger partial charge in [0.15, 0.2) is 0 Å². The zero-order valence-corrected chi connectivity index (χ0v) is 12.8. The molecule has 0 heterocycles. The van der Waals surface area contributed by atoms with E-state index in [4.69, 9.17) is 11.6 Å². The summed E-state index contributed by atoms with van der Waals surface area (Å²) in [6.45, 7) is 1.88. The maximum absolute atomic E-state index is 12.3. The molecule has 0 aliphatic heterocycles. The van der Waals surface area contributed by atoms with Crippen LogP contribution < -0.4 is 10.4 Å². The van der Waals surface area contributed by atoms with Crippen molar-refractivity contribution in [1.82, 2.24) is 5.32 Å². The molecule has 5 heteroatoms. The molecule has 2 aromatic carbocycles. The number of halogens is 1. The number of amides is 1. The lowest BCUT2D eigenvalue weighted by molar-refractivity contribution is -0.306. The second-order valence-corrected chi connectivity index (χ2v) is 5.46. The molecule has 1 amide bonds. The molecule has 0 fully saturated rings. The standard InChI is InChI=1S/C17H16ClNO3/c1-11-3-2-4-13(9-11)17(22)19-15(10-16(20)21)12-5-7-14(18)8-6-12/h2-9,15H,10H2,1H3,(H,19,22)(H,20,21)/p-1/t15-/m0/s1. The smallest absolute Gasteiger partial charge is 0.251 e. The summed E-state index contributed by atoms with van der Waals surface area (Å²) in [5.74, 6) is -1.56. The average Bonchev–Trinajstić information content (AvgIpc) is 2.47. The number of carboxylic acids is 1. The first-order chi connectivity index (χ1) is 10.5. The quantitative estimate of drug-likeness (QED) is 0.920.